The summed E-state index contributed by atoms with van der Waals surface area (Å²) in [4.78, 5) is 14.8. The molecule has 1 aliphatic heterocycles. The van der Waals surface area contributed by atoms with Gasteiger partial charge in [-0.3, -0.25) is 9.69 Å². The average Bonchev–Trinajstić information content (AvgIpc) is 2.79. The third-order valence-electron chi connectivity index (χ3n) is 5.08. The summed E-state index contributed by atoms with van der Waals surface area (Å²) < 4.78 is 16.0. The molecule has 1 saturated heterocycles. The Labute approximate surface area is 182 Å². The molecule has 1 aliphatic rings. The highest BCUT2D eigenvalue weighted by Crippen LogP contribution is 2.28. The van der Waals surface area contributed by atoms with Gasteiger partial charge in [-0.05, 0) is 29.8 Å². The molecule has 2 aromatic carbocycles. The molecular formula is C23H27ClN2O4. The van der Waals surface area contributed by atoms with Crippen LogP contribution in [0.4, 0.5) is 0 Å². The van der Waals surface area contributed by atoms with E-state index in [1.807, 2.05) is 36.4 Å². The van der Waals surface area contributed by atoms with Crippen LogP contribution in [0.5, 0.6) is 11.5 Å². The van der Waals surface area contributed by atoms with Crippen molar-refractivity contribution in [1.82, 2.24) is 10.2 Å². The maximum absolute atomic E-state index is 12.5. The summed E-state index contributed by atoms with van der Waals surface area (Å²) >= 11 is 6.44. The number of halogens is 1. The van der Waals surface area contributed by atoms with Crippen LogP contribution < -0.4 is 14.8 Å². The second-order valence-electron chi connectivity index (χ2n) is 6.87. The van der Waals surface area contributed by atoms with E-state index in [9.17, 15) is 4.79 Å². The highest BCUT2D eigenvalue weighted by molar-refractivity contribution is 6.31. The Morgan fingerprint density at radius 2 is 1.97 bits per heavy atom. The number of nitrogens with one attached hydrogen (secondary N) is 1. The summed E-state index contributed by atoms with van der Waals surface area (Å²) in [5.41, 5.74) is 1.80. The molecule has 1 N–H and O–H groups in total. The van der Waals surface area contributed by atoms with Crippen molar-refractivity contribution in [3.8, 4) is 11.5 Å². The molecular weight excluding hydrogens is 404 g/mol. The third-order valence-corrected chi connectivity index (χ3v) is 5.42. The van der Waals surface area contributed by atoms with Crippen LogP contribution in [0.15, 0.2) is 48.5 Å². The predicted octanol–water partition coefficient (Wildman–Crippen LogP) is 3.56. The van der Waals surface area contributed by atoms with E-state index >= 15 is 0 Å². The number of morpholine rings is 1. The smallest absolute Gasteiger partial charge is 0.244 e. The molecule has 3 rings (SSSR count). The van der Waals surface area contributed by atoms with Crippen molar-refractivity contribution in [3.05, 3.63) is 64.7 Å². The first-order valence-electron chi connectivity index (χ1n) is 9.86. The van der Waals surface area contributed by atoms with Gasteiger partial charge in [-0.1, -0.05) is 29.8 Å². The minimum atomic E-state index is -0.182. The largest absolute Gasteiger partial charge is 0.497 e. The number of rotatable bonds is 8. The van der Waals surface area contributed by atoms with Gasteiger partial charge in [0.2, 0.25) is 5.91 Å². The number of methoxy groups -OCH3 is 2. The SMILES string of the molecule is COc1ccc(/C=C/C(=O)NCC(c2ccccc2Cl)N2CCOCC2)c(OC)c1. The second kappa shape index (κ2) is 11.0. The van der Waals surface area contributed by atoms with Crippen molar-refractivity contribution in [1.29, 1.82) is 0 Å². The number of ether oxygens (including phenoxy) is 3. The zero-order valence-corrected chi connectivity index (χ0v) is 18.0. The normalized spacial score (nSPS) is 15.7. The van der Waals surface area contributed by atoms with Gasteiger partial charge in [0.05, 0.1) is 33.5 Å². The molecule has 1 unspecified atom stereocenters. The Morgan fingerprint density at radius 1 is 1.20 bits per heavy atom. The molecule has 1 atom stereocenters. The van der Waals surface area contributed by atoms with Crippen LogP contribution in [-0.4, -0.2) is 57.9 Å². The molecule has 30 heavy (non-hydrogen) atoms. The lowest BCUT2D eigenvalue weighted by molar-refractivity contribution is -0.116. The van der Waals surface area contributed by atoms with Crippen molar-refractivity contribution in [2.75, 3.05) is 47.1 Å². The molecule has 6 nitrogen and oxygen atoms in total. The molecule has 0 saturated carbocycles. The highest BCUT2D eigenvalue weighted by atomic mass is 35.5. The van der Waals surface area contributed by atoms with Crippen LogP contribution in [0.1, 0.15) is 17.2 Å². The van der Waals surface area contributed by atoms with Crippen LogP contribution in [0.3, 0.4) is 0 Å². The molecule has 2 aromatic rings. The van der Waals surface area contributed by atoms with Gasteiger partial charge in [-0.2, -0.15) is 0 Å². The van der Waals surface area contributed by atoms with Gasteiger partial charge in [-0.15, -0.1) is 0 Å². The molecule has 0 bridgehead atoms. The number of nitrogens with zero attached hydrogens (tertiary/aromatic N) is 1. The van der Waals surface area contributed by atoms with Gasteiger partial charge >= 0.3 is 0 Å². The van der Waals surface area contributed by atoms with E-state index in [2.05, 4.69) is 10.2 Å². The van der Waals surface area contributed by atoms with Crippen LogP contribution in [0.25, 0.3) is 6.08 Å². The molecule has 7 heteroatoms. The molecule has 160 valence electrons. The summed E-state index contributed by atoms with van der Waals surface area (Å²) in [7, 11) is 3.18. The lowest BCUT2D eigenvalue weighted by atomic mass is 10.0. The standard InChI is InChI=1S/C23H27ClN2O4/c1-28-18-9-7-17(22(15-18)29-2)8-10-23(27)25-16-21(26-11-13-30-14-12-26)19-5-3-4-6-20(19)24/h3-10,15,21H,11-14,16H2,1-2H3,(H,25,27)/b10-8+. The Hall–Kier alpha value is -2.54. The van der Waals surface area contributed by atoms with Crippen molar-refractivity contribution >= 4 is 23.6 Å². The summed E-state index contributed by atoms with van der Waals surface area (Å²) in [6.07, 6.45) is 3.24. The quantitative estimate of drug-likeness (QED) is 0.649. The summed E-state index contributed by atoms with van der Waals surface area (Å²) in [6, 6.07) is 13.2. The van der Waals surface area contributed by atoms with Gasteiger partial charge in [0, 0.05) is 42.4 Å². The molecule has 0 radical (unpaired) electrons. The lowest BCUT2D eigenvalue weighted by Crippen LogP contribution is -2.43. The Kier molecular flexibility index (Phi) is 8.13. The Bertz CT molecular complexity index is 881. The molecule has 0 aromatic heterocycles. The Morgan fingerprint density at radius 3 is 2.67 bits per heavy atom. The lowest BCUT2D eigenvalue weighted by Gasteiger charge is -2.35. The zero-order chi connectivity index (χ0) is 21.3. The van der Waals surface area contributed by atoms with Gasteiger partial charge in [0.1, 0.15) is 11.5 Å². The van der Waals surface area contributed by atoms with E-state index in [0.29, 0.717) is 36.3 Å². The first kappa shape index (κ1) is 22.2. The summed E-state index contributed by atoms with van der Waals surface area (Å²) in [5, 5.41) is 3.70. The minimum absolute atomic E-state index is 0.0181. The molecule has 0 spiro atoms. The van der Waals surface area contributed by atoms with Crippen molar-refractivity contribution < 1.29 is 19.0 Å². The van der Waals surface area contributed by atoms with E-state index in [0.717, 1.165) is 24.2 Å². The monoisotopic (exact) mass is 430 g/mol. The number of hydrogen-bond donors (Lipinski definition) is 1. The number of amides is 1. The van der Waals surface area contributed by atoms with Gasteiger partial charge in [0.25, 0.3) is 0 Å². The van der Waals surface area contributed by atoms with Crippen molar-refractivity contribution in [2.45, 2.75) is 6.04 Å². The fraction of sp³-hybridized carbons (Fsp3) is 0.348. The van der Waals surface area contributed by atoms with E-state index < -0.39 is 0 Å². The highest BCUT2D eigenvalue weighted by Gasteiger charge is 2.24. The van der Waals surface area contributed by atoms with Gasteiger partial charge < -0.3 is 19.5 Å². The van der Waals surface area contributed by atoms with Crippen molar-refractivity contribution in [2.24, 2.45) is 0 Å². The first-order chi connectivity index (χ1) is 14.6. The van der Waals surface area contributed by atoms with Gasteiger partial charge in [-0.25, -0.2) is 0 Å². The molecule has 0 aliphatic carbocycles. The first-order valence-corrected chi connectivity index (χ1v) is 10.2. The average molecular weight is 431 g/mol. The van der Waals surface area contributed by atoms with E-state index in [1.165, 1.54) is 6.08 Å². The molecule has 1 amide bonds. The van der Waals surface area contributed by atoms with Crippen LogP contribution in [-0.2, 0) is 9.53 Å². The number of benzene rings is 2. The van der Waals surface area contributed by atoms with E-state index in [4.69, 9.17) is 25.8 Å². The fourth-order valence-corrected chi connectivity index (χ4v) is 3.71. The predicted molar refractivity (Wildman–Crippen MR) is 118 cm³/mol. The van der Waals surface area contributed by atoms with Crippen LogP contribution in [0.2, 0.25) is 5.02 Å². The maximum Gasteiger partial charge on any atom is 0.244 e. The van der Waals surface area contributed by atoms with Crippen LogP contribution in [0, 0.1) is 0 Å². The second-order valence-corrected chi connectivity index (χ2v) is 7.28. The van der Waals surface area contributed by atoms with Crippen LogP contribution >= 0.6 is 11.6 Å². The fourth-order valence-electron chi connectivity index (χ4n) is 3.45. The maximum atomic E-state index is 12.5. The summed E-state index contributed by atoms with van der Waals surface area (Å²) in [6.45, 7) is 3.39. The number of hydrogen-bond acceptors (Lipinski definition) is 5. The van der Waals surface area contributed by atoms with E-state index in [-0.39, 0.29) is 11.9 Å². The molecule has 1 heterocycles. The number of carbonyl (C=O) groups is 1. The Balaban J connectivity index is 1.68. The molecule has 1 fully saturated rings. The van der Waals surface area contributed by atoms with Crippen molar-refractivity contribution in [3.63, 3.8) is 0 Å². The number of carbonyl (C=O) groups excluding carboxylic acids is 1. The zero-order valence-electron chi connectivity index (χ0n) is 17.3. The topological polar surface area (TPSA) is 60.0 Å². The van der Waals surface area contributed by atoms with Gasteiger partial charge in [0.15, 0.2) is 0 Å². The third kappa shape index (κ3) is 5.75. The minimum Gasteiger partial charge on any atom is -0.497 e. The summed E-state index contributed by atoms with van der Waals surface area (Å²) in [5.74, 6) is 1.15. The van der Waals surface area contributed by atoms with E-state index in [1.54, 1.807) is 26.4 Å².